The summed E-state index contributed by atoms with van der Waals surface area (Å²) < 4.78 is 0. The van der Waals surface area contributed by atoms with Gasteiger partial charge < -0.3 is 20.0 Å². The van der Waals surface area contributed by atoms with Gasteiger partial charge in [-0.1, -0.05) is 18.2 Å². The normalized spacial score (nSPS) is 15.4. The number of amides is 1. The van der Waals surface area contributed by atoms with Gasteiger partial charge in [0.1, 0.15) is 0 Å². The van der Waals surface area contributed by atoms with E-state index in [0.717, 1.165) is 51.8 Å². The zero-order valence-electron chi connectivity index (χ0n) is 15.0. The maximum Gasteiger partial charge on any atom is 0.219 e. The van der Waals surface area contributed by atoms with Gasteiger partial charge in [-0.05, 0) is 19.1 Å². The van der Waals surface area contributed by atoms with E-state index in [1.165, 1.54) is 5.69 Å². The van der Waals surface area contributed by atoms with Crippen molar-refractivity contribution in [3.05, 3.63) is 30.3 Å². The number of hydrogen-bond donors (Lipinski definition) is 1. The largest absolute Gasteiger partial charge is 0.373 e. The third-order valence-electron chi connectivity index (χ3n) is 4.25. The van der Waals surface area contributed by atoms with E-state index in [0.29, 0.717) is 0 Å². The lowest BCUT2D eigenvalue weighted by Gasteiger charge is -2.36. The van der Waals surface area contributed by atoms with Gasteiger partial charge in [-0.3, -0.25) is 9.79 Å². The first kappa shape index (κ1) is 18.1. The predicted octanol–water partition coefficient (Wildman–Crippen LogP) is 1.25. The summed E-state index contributed by atoms with van der Waals surface area (Å²) in [6, 6.07) is 10.3. The Bertz CT molecular complexity index is 538. The molecule has 1 N–H and O–H groups in total. The quantitative estimate of drug-likeness (QED) is 0.652. The molecule has 1 fully saturated rings. The second-order valence-electron chi connectivity index (χ2n) is 5.99. The monoisotopic (exact) mass is 331 g/mol. The van der Waals surface area contributed by atoms with Crippen LogP contribution in [-0.2, 0) is 4.79 Å². The highest BCUT2D eigenvalue weighted by Gasteiger charge is 2.20. The van der Waals surface area contributed by atoms with E-state index in [1.807, 2.05) is 23.1 Å². The van der Waals surface area contributed by atoms with Crippen molar-refractivity contribution in [3.8, 4) is 0 Å². The van der Waals surface area contributed by atoms with Crippen molar-refractivity contribution in [2.75, 3.05) is 57.8 Å². The van der Waals surface area contributed by atoms with E-state index in [9.17, 15) is 4.79 Å². The second kappa shape index (κ2) is 9.15. The highest BCUT2D eigenvalue weighted by Crippen LogP contribution is 2.10. The highest BCUT2D eigenvalue weighted by atomic mass is 16.2. The van der Waals surface area contributed by atoms with Crippen LogP contribution in [0.5, 0.6) is 0 Å². The van der Waals surface area contributed by atoms with E-state index >= 15 is 0 Å². The van der Waals surface area contributed by atoms with Crippen LogP contribution < -0.4 is 10.2 Å². The van der Waals surface area contributed by atoms with Gasteiger partial charge in [-0.25, -0.2) is 0 Å². The molecule has 1 saturated heterocycles. The summed E-state index contributed by atoms with van der Waals surface area (Å²) in [5.41, 5.74) is 1.20. The Balaban J connectivity index is 1.88. The Labute approximate surface area is 145 Å². The van der Waals surface area contributed by atoms with Gasteiger partial charge in [0.15, 0.2) is 5.96 Å². The van der Waals surface area contributed by atoms with Crippen molar-refractivity contribution in [1.82, 2.24) is 15.1 Å². The Hall–Kier alpha value is -2.24. The van der Waals surface area contributed by atoms with Crippen molar-refractivity contribution in [3.63, 3.8) is 0 Å². The van der Waals surface area contributed by atoms with E-state index < -0.39 is 0 Å². The molecule has 1 aliphatic heterocycles. The fourth-order valence-electron chi connectivity index (χ4n) is 2.78. The first-order chi connectivity index (χ1) is 11.6. The van der Waals surface area contributed by atoms with Crippen LogP contribution in [0.15, 0.2) is 35.3 Å². The molecule has 0 aromatic heterocycles. The molecule has 6 nitrogen and oxygen atoms in total. The van der Waals surface area contributed by atoms with E-state index in [-0.39, 0.29) is 5.91 Å². The van der Waals surface area contributed by atoms with Gasteiger partial charge in [0.25, 0.3) is 0 Å². The van der Waals surface area contributed by atoms with Crippen LogP contribution in [0.1, 0.15) is 13.8 Å². The van der Waals surface area contributed by atoms with Gasteiger partial charge in [-0.15, -0.1) is 0 Å². The minimum Gasteiger partial charge on any atom is -0.373 e. The molecule has 1 amide bonds. The SMILES string of the molecule is CCNC(=NCCN(C)c1ccccc1)N1CCN(C(C)=O)CC1. The average molecular weight is 331 g/mol. The zero-order chi connectivity index (χ0) is 17.4. The molecule has 2 rings (SSSR count). The minimum absolute atomic E-state index is 0.154. The topological polar surface area (TPSA) is 51.2 Å². The fraction of sp³-hybridized carbons (Fsp3) is 0.556. The van der Waals surface area contributed by atoms with E-state index in [1.54, 1.807) is 6.92 Å². The third kappa shape index (κ3) is 5.15. The van der Waals surface area contributed by atoms with Gasteiger partial charge in [-0.2, -0.15) is 0 Å². The number of hydrogen-bond acceptors (Lipinski definition) is 3. The van der Waals surface area contributed by atoms with Gasteiger partial charge in [0.05, 0.1) is 6.54 Å². The molecule has 6 heteroatoms. The Kier molecular flexibility index (Phi) is 6.90. The number of benzene rings is 1. The highest BCUT2D eigenvalue weighted by molar-refractivity contribution is 5.80. The number of aliphatic imine (C=N–C) groups is 1. The van der Waals surface area contributed by atoms with Crippen LogP contribution >= 0.6 is 0 Å². The molecule has 0 unspecified atom stereocenters. The number of rotatable bonds is 5. The lowest BCUT2D eigenvalue weighted by molar-refractivity contribution is -0.130. The number of carbonyl (C=O) groups is 1. The number of likely N-dealkylation sites (N-methyl/N-ethyl adjacent to an activating group) is 1. The molecule has 1 aromatic carbocycles. The average Bonchev–Trinajstić information content (AvgIpc) is 2.61. The van der Waals surface area contributed by atoms with Gasteiger partial charge in [0.2, 0.25) is 5.91 Å². The molecule has 0 atom stereocenters. The van der Waals surface area contributed by atoms with Crippen LogP contribution in [0.2, 0.25) is 0 Å². The lowest BCUT2D eigenvalue weighted by Crippen LogP contribution is -2.53. The molecule has 0 radical (unpaired) electrons. The summed E-state index contributed by atoms with van der Waals surface area (Å²) in [5, 5.41) is 3.36. The molecule has 132 valence electrons. The molecule has 0 saturated carbocycles. The molecular weight excluding hydrogens is 302 g/mol. The summed E-state index contributed by atoms with van der Waals surface area (Å²) in [5.74, 6) is 1.10. The number of carbonyl (C=O) groups excluding carboxylic acids is 1. The Morgan fingerprint density at radius 1 is 1.17 bits per heavy atom. The first-order valence-corrected chi connectivity index (χ1v) is 8.66. The van der Waals surface area contributed by atoms with Crippen LogP contribution in [0.4, 0.5) is 5.69 Å². The summed E-state index contributed by atoms with van der Waals surface area (Å²) >= 11 is 0. The van der Waals surface area contributed by atoms with E-state index in [4.69, 9.17) is 4.99 Å². The zero-order valence-corrected chi connectivity index (χ0v) is 15.0. The van der Waals surface area contributed by atoms with E-state index in [2.05, 4.69) is 41.2 Å². The minimum atomic E-state index is 0.154. The number of nitrogens with zero attached hydrogens (tertiary/aromatic N) is 4. The summed E-state index contributed by atoms with van der Waals surface area (Å²) in [4.78, 5) is 22.5. The number of para-hydroxylation sites is 1. The van der Waals surface area contributed by atoms with Crippen LogP contribution in [0, 0.1) is 0 Å². The van der Waals surface area contributed by atoms with Crippen molar-refractivity contribution in [1.29, 1.82) is 0 Å². The molecule has 0 spiro atoms. The van der Waals surface area contributed by atoms with Crippen LogP contribution in [-0.4, -0.2) is 74.5 Å². The van der Waals surface area contributed by atoms with Gasteiger partial charge in [0, 0.05) is 58.9 Å². The van der Waals surface area contributed by atoms with Crippen molar-refractivity contribution in [2.45, 2.75) is 13.8 Å². The van der Waals surface area contributed by atoms with Crippen LogP contribution in [0.25, 0.3) is 0 Å². The summed E-state index contributed by atoms with van der Waals surface area (Å²) in [6.45, 7) is 9.37. The van der Waals surface area contributed by atoms with Crippen LogP contribution in [0.3, 0.4) is 0 Å². The maximum atomic E-state index is 11.4. The second-order valence-corrected chi connectivity index (χ2v) is 5.99. The third-order valence-corrected chi connectivity index (χ3v) is 4.25. The fourth-order valence-corrected chi connectivity index (χ4v) is 2.78. The molecule has 0 bridgehead atoms. The lowest BCUT2D eigenvalue weighted by atomic mass is 10.3. The number of guanidine groups is 1. The Morgan fingerprint density at radius 3 is 2.38 bits per heavy atom. The summed E-state index contributed by atoms with van der Waals surface area (Å²) in [7, 11) is 2.09. The maximum absolute atomic E-state index is 11.4. The van der Waals surface area contributed by atoms with Crippen molar-refractivity contribution >= 4 is 17.6 Å². The molecule has 24 heavy (non-hydrogen) atoms. The van der Waals surface area contributed by atoms with Crippen molar-refractivity contribution in [2.24, 2.45) is 4.99 Å². The van der Waals surface area contributed by atoms with Gasteiger partial charge >= 0.3 is 0 Å². The molecule has 0 aliphatic carbocycles. The predicted molar refractivity (Wildman–Crippen MR) is 99.5 cm³/mol. The molecule has 1 heterocycles. The number of nitrogens with one attached hydrogen (secondary N) is 1. The standard InChI is InChI=1S/C18H29N5O/c1-4-19-18(23-14-12-22(13-15-23)16(2)24)20-10-11-21(3)17-8-6-5-7-9-17/h5-9H,4,10-15H2,1-3H3,(H,19,20). The smallest absolute Gasteiger partial charge is 0.219 e. The van der Waals surface area contributed by atoms with Crippen molar-refractivity contribution < 1.29 is 4.79 Å². The molecule has 1 aliphatic rings. The Morgan fingerprint density at radius 2 is 1.79 bits per heavy atom. The number of anilines is 1. The summed E-state index contributed by atoms with van der Waals surface area (Å²) in [6.07, 6.45) is 0. The first-order valence-electron chi connectivity index (χ1n) is 8.66. The molecular formula is C18H29N5O. The molecule has 1 aromatic rings. The number of piperazine rings is 1.